The molecule has 4 unspecified atom stereocenters. The van der Waals surface area contributed by atoms with Gasteiger partial charge in [0.1, 0.15) is 6.17 Å². The van der Waals surface area contributed by atoms with Crippen LogP contribution in [-0.4, -0.2) is 5.71 Å². The van der Waals surface area contributed by atoms with Crippen LogP contribution in [0.25, 0.3) is 28.0 Å². The standard InChI is InChI=1S/C61H54N2/c1-60(2)53-22-14-20-48(58(53)51-38-55-50(37-54(51)60)49-19-10-11-21-52(49)61(55)35-12-5-13-36-61)44-29-23-42(24-30-44)43-27-33-46(34-28-43)57-39-56(62-59(63-57)47-17-8-4-9-18-47)45-31-25-41(26-32-45)40-15-6-3-7-16-40/h3-4,6-11,14-29,31-34,37-39,44,50,55,59,63H,5,12-13,30,35-36H2,1-2H3. The molecule has 1 spiro atoms. The van der Waals surface area contributed by atoms with Crippen LogP contribution in [0.2, 0.25) is 0 Å². The van der Waals surface area contributed by atoms with Crippen LogP contribution < -0.4 is 5.32 Å². The molecule has 1 N–H and O–H groups in total. The number of benzene rings is 6. The molecule has 0 radical (unpaired) electrons. The molecule has 63 heavy (non-hydrogen) atoms. The van der Waals surface area contributed by atoms with E-state index in [1.54, 1.807) is 16.7 Å². The maximum Gasteiger partial charge on any atom is 0.145 e. The molecule has 6 aromatic rings. The van der Waals surface area contributed by atoms with Gasteiger partial charge < -0.3 is 5.32 Å². The van der Waals surface area contributed by atoms with E-state index < -0.39 is 0 Å². The maximum atomic E-state index is 5.22. The van der Waals surface area contributed by atoms with Crippen LogP contribution in [0.5, 0.6) is 0 Å². The molecule has 6 aromatic carbocycles. The van der Waals surface area contributed by atoms with Crippen LogP contribution in [-0.2, 0) is 10.8 Å². The Kier molecular flexibility index (Phi) is 9.15. The zero-order valence-electron chi connectivity index (χ0n) is 36.4. The normalized spacial score (nSPS) is 23.5. The number of hydrogen-bond donors (Lipinski definition) is 1. The molecule has 1 heterocycles. The lowest BCUT2D eigenvalue weighted by molar-refractivity contribution is 0.233. The van der Waals surface area contributed by atoms with Gasteiger partial charge in [-0.2, -0.15) is 0 Å². The average Bonchev–Trinajstić information content (AvgIpc) is 3.74. The molecule has 1 fully saturated rings. The number of nitrogens with one attached hydrogen (secondary N) is 1. The molecule has 0 saturated heterocycles. The van der Waals surface area contributed by atoms with Gasteiger partial charge in [0.05, 0.1) is 5.71 Å². The van der Waals surface area contributed by atoms with E-state index >= 15 is 0 Å². The van der Waals surface area contributed by atoms with Crippen LogP contribution in [0.3, 0.4) is 0 Å². The summed E-state index contributed by atoms with van der Waals surface area (Å²) in [6.45, 7) is 4.94. The fourth-order valence-electron chi connectivity index (χ4n) is 12.4. The van der Waals surface area contributed by atoms with Gasteiger partial charge in [-0.3, -0.25) is 4.99 Å². The Morgan fingerprint density at radius 3 is 2.00 bits per heavy atom. The highest BCUT2D eigenvalue weighted by atomic mass is 15.1. The van der Waals surface area contributed by atoms with Crippen molar-refractivity contribution in [2.75, 3.05) is 0 Å². The number of allylic oxidation sites excluding steroid dienone is 9. The minimum absolute atomic E-state index is 0.0239. The second-order valence-corrected chi connectivity index (χ2v) is 19.3. The summed E-state index contributed by atoms with van der Waals surface area (Å²) in [4.78, 5) is 5.22. The zero-order chi connectivity index (χ0) is 42.1. The minimum atomic E-state index is -0.180. The molecule has 0 amide bonds. The third kappa shape index (κ3) is 6.32. The second kappa shape index (κ2) is 15.1. The third-order valence-electron chi connectivity index (χ3n) is 15.6. The van der Waals surface area contributed by atoms with Gasteiger partial charge in [0.25, 0.3) is 0 Å². The van der Waals surface area contributed by atoms with Gasteiger partial charge >= 0.3 is 0 Å². The molecule has 1 aliphatic heterocycles. The summed E-state index contributed by atoms with van der Waals surface area (Å²) < 4.78 is 0. The van der Waals surface area contributed by atoms with Crippen LogP contribution >= 0.6 is 0 Å². The van der Waals surface area contributed by atoms with Crippen molar-refractivity contribution in [2.45, 2.75) is 81.2 Å². The van der Waals surface area contributed by atoms with Gasteiger partial charge in [-0.25, -0.2) is 0 Å². The number of aliphatic imine (C=N–C) groups is 1. The molecule has 1 saturated carbocycles. The van der Waals surface area contributed by atoms with Crippen LogP contribution in [0, 0.1) is 5.92 Å². The molecule has 4 atom stereocenters. The summed E-state index contributed by atoms with van der Waals surface area (Å²) in [5.41, 5.74) is 21.5. The van der Waals surface area contributed by atoms with E-state index in [4.69, 9.17) is 4.99 Å². The Morgan fingerprint density at radius 1 is 0.587 bits per heavy atom. The molecule has 5 aliphatic carbocycles. The van der Waals surface area contributed by atoms with Crippen molar-refractivity contribution >= 4 is 22.6 Å². The van der Waals surface area contributed by atoms with Crippen LogP contribution in [0.15, 0.2) is 199 Å². The minimum Gasteiger partial charge on any atom is -0.360 e. The highest BCUT2D eigenvalue weighted by Crippen LogP contribution is 2.64. The largest absolute Gasteiger partial charge is 0.360 e. The summed E-state index contributed by atoms with van der Waals surface area (Å²) in [5, 5.41) is 3.76. The Morgan fingerprint density at radius 2 is 1.24 bits per heavy atom. The predicted octanol–water partition coefficient (Wildman–Crippen LogP) is 14.8. The first kappa shape index (κ1) is 38.2. The fourth-order valence-corrected chi connectivity index (χ4v) is 12.4. The van der Waals surface area contributed by atoms with Gasteiger partial charge in [-0.15, -0.1) is 0 Å². The van der Waals surface area contributed by atoms with Gasteiger partial charge in [0, 0.05) is 28.4 Å². The first-order chi connectivity index (χ1) is 30.9. The zero-order valence-corrected chi connectivity index (χ0v) is 36.4. The molecular weight excluding hydrogens is 761 g/mol. The Bertz CT molecular complexity index is 2930. The van der Waals surface area contributed by atoms with Gasteiger partial charge in [0.15, 0.2) is 0 Å². The number of fused-ring (bicyclic) bond motifs is 8. The maximum absolute atomic E-state index is 5.22. The van der Waals surface area contributed by atoms with E-state index in [9.17, 15) is 0 Å². The van der Waals surface area contributed by atoms with Crippen molar-refractivity contribution in [1.29, 1.82) is 0 Å². The molecule has 12 rings (SSSR count). The van der Waals surface area contributed by atoms with E-state index in [0.29, 0.717) is 17.8 Å². The molecule has 0 aromatic heterocycles. The fraction of sp³-hybridized carbons (Fsp3) is 0.230. The van der Waals surface area contributed by atoms with Crippen molar-refractivity contribution < 1.29 is 0 Å². The Balaban J connectivity index is 0.819. The van der Waals surface area contributed by atoms with E-state index in [-0.39, 0.29) is 17.0 Å². The smallest absolute Gasteiger partial charge is 0.145 e. The lowest BCUT2D eigenvalue weighted by Crippen LogP contribution is -2.35. The van der Waals surface area contributed by atoms with Crippen molar-refractivity contribution in [3.63, 3.8) is 0 Å². The molecule has 6 aliphatic rings. The third-order valence-corrected chi connectivity index (χ3v) is 15.6. The number of nitrogens with zero attached hydrogens (tertiary/aromatic N) is 1. The summed E-state index contributed by atoms with van der Waals surface area (Å²) in [7, 11) is 0. The van der Waals surface area contributed by atoms with Crippen molar-refractivity contribution in [3.8, 4) is 11.1 Å². The van der Waals surface area contributed by atoms with Crippen molar-refractivity contribution in [2.24, 2.45) is 10.9 Å². The first-order valence-corrected chi connectivity index (χ1v) is 23.4. The SMILES string of the molecule is CC1(C)C2=CC3c4ccccc4C4(CCCCC4)C3C=C2c2c(C3C=CC(c4ccc(C5=CC(c6ccc(-c7ccccc7)cc6)=NC(c6ccccc6)N5)cc4)=CC3)cccc21. The van der Waals surface area contributed by atoms with E-state index in [0.717, 1.165) is 34.5 Å². The molecular formula is C61H54N2. The summed E-state index contributed by atoms with van der Waals surface area (Å²) in [5.74, 6) is 1.35. The Hall–Kier alpha value is -6.51. The number of rotatable bonds is 6. The molecule has 0 bridgehead atoms. The Labute approximate surface area is 373 Å². The number of hydrogen-bond acceptors (Lipinski definition) is 2. The molecule has 2 nitrogen and oxygen atoms in total. The van der Waals surface area contributed by atoms with E-state index in [2.05, 4.69) is 207 Å². The summed E-state index contributed by atoms with van der Waals surface area (Å²) in [6.07, 6.45) is 22.6. The lowest BCUT2D eigenvalue weighted by atomic mass is 9.62. The highest BCUT2D eigenvalue weighted by Gasteiger charge is 2.54. The highest BCUT2D eigenvalue weighted by molar-refractivity contribution is 6.13. The molecule has 308 valence electrons. The second-order valence-electron chi connectivity index (χ2n) is 19.3. The predicted molar refractivity (Wildman–Crippen MR) is 263 cm³/mol. The van der Waals surface area contributed by atoms with Gasteiger partial charge in [-0.1, -0.05) is 215 Å². The topological polar surface area (TPSA) is 24.4 Å². The van der Waals surface area contributed by atoms with E-state index in [1.165, 1.54) is 76.6 Å². The van der Waals surface area contributed by atoms with Gasteiger partial charge in [0.2, 0.25) is 0 Å². The monoisotopic (exact) mass is 814 g/mol. The van der Waals surface area contributed by atoms with Gasteiger partial charge in [-0.05, 0) is 109 Å². The molecule has 2 heteroatoms. The summed E-state index contributed by atoms with van der Waals surface area (Å²) in [6, 6.07) is 55.7. The lowest BCUT2D eigenvalue weighted by Gasteiger charge is -2.42. The quantitative estimate of drug-likeness (QED) is 0.178. The first-order valence-electron chi connectivity index (χ1n) is 23.4. The van der Waals surface area contributed by atoms with Crippen LogP contribution in [0.4, 0.5) is 0 Å². The van der Waals surface area contributed by atoms with Crippen molar-refractivity contribution in [1.82, 2.24) is 5.32 Å². The van der Waals surface area contributed by atoms with Crippen LogP contribution in [0.1, 0.15) is 120 Å². The van der Waals surface area contributed by atoms with Crippen molar-refractivity contribution in [3.05, 3.63) is 244 Å². The summed E-state index contributed by atoms with van der Waals surface area (Å²) >= 11 is 0. The average molecular weight is 815 g/mol. The van der Waals surface area contributed by atoms with E-state index in [1.807, 2.05) is 0 Å².